The minimum absolute atomic E-state index is 0.113. The second-order valence-electron chi connectivity index (χ2n) is 4.90. The van der Waals surface area contributed by atoms with Crippen LogP contribution in [-0.2, 0) is 4.79 Å². The highest BCUT2D eigenvalue weighted by Crippen LogP contribution is 2.21. The first-order chi connectivity index (χ1) is 11.0. The average molecular weight is 333 g/mol. The standard InChI is InChI=1S/C17H17ClN2O3/c1-11-9-14(7-8-15(11)18)23-10-16(21)20-13-5-3-12(4-6-13)17(22)19-2/h3-9H,10H2,1-2H3,(H,19,22)(H,20,21). The summed E-state index contributed by atoms with van der Waals surface area (Å²) >= 11 is 5.93. The van der Waals surface area contributed by atoms with E-state index in [0.717, 1.165) is 5.56 Å². The van der Waals surface area contributed by atoms with Crippen molar-refractivity contribution < 1.29 is 14.3 Å². The summed E-state index contributed by atoms with van der Waals surface area (Å²) in [7, 11) is 1.56. The number of amides is 2. The Kier molecular flexibility index (Phi) is 5.60. The molecule has 0 aliphatic carbocycles. The van der Waals surface area contributed by atoms with Crippen molar-refractivity contribution in [3.8, 4) is 5.75 Å². The quantitative estimate of drug-likeness (QED) is 0.884. The fraction of sp³-hybridized carbons (Fsp3) is 0.176. The third-order valence-corrected chi connectivity index (χ3v) is 3.58. The number of hydrogen-bond donors (Lipinski definition) is 2. The van der Waals surface area contributed by atoms with Crippen LogP contribution in [0.25, 0.3) is 0 Å². The van der Waals surface area contributed by atoms with Crippen LogP contribution in [-0.4, -0.2) is 25.5 Å². The molecule has 2 aromatic carbocycles. The molecule has 120 valence electrons. The van der Waals surface area contributed by atoms with Gasteiger partial charge in [0, 0.05) is 23.3 Å². The van der Waals surface area contributed by atoms with Crippen LogP contribution in [0, 0.1) is 6.92 Å². The van der Waals surface area contributed by atoms with Crippen molar-refractivity contribution in [3.05, 3.63) is 58.6 Å². The van der Waals surface area contributed by atoms with Crippen molar-refractivity contribution in [2.75, 3.05) is 19.0 Å². The van der Waals surface area contributed by atoms with Crippen molar-refractivity contribution in [3.63, 3.8) is 0 Å². The third-order valence-electron chi connectivity index (χ3n) is 3.16. The average Bonchev–Trinajstić information content (AvgIpc) is 2.56. The molecule has 0 saturated heterocycles. The van der Waals surface area contributed by atoms with Crippen LogP contribution in [0.4, 0.5) is 5.69 Å². The molecule has 2 rings (SSSR count). The molecule has 0 unspecified atom stereocenters. The van der Waals surface area contributed by atoms with Gasteiger partial charge in [-0.25, -0.2) is 0 Å². The molecule has 0 fully saturated rings. The Morgan fingerprint density at radius 3 is 2.43 bits per heavy atom. The summed E-state index contributed by atoms with van der Waals surface area (Å²) in [5, 5.41) is 5.88. The second kappa shape index (κ2) is 7.65. The number of anilines is 1. The second-order valence-corrected chi connectivity index (χ2v) is 5.31. The van der Waals surface area contributed by atoms with Crippen LogP contribution in [0.2, 0.25) is 5.02 Å². The highest BCUT2D eigenvalue weighted by molar-refractivity contribution is 6.31. The van der Waals surface area contributed by atoms with Crippen molar-refractivity contribution in [1.29, 1.82) is 0 Å². The zero-order valence-corrected chi connectivity index (χ0v) is 13.6. The van der Waals surface area contributed by atoms with Crippen LogP contribution in [0.3, 0.4) is 0 Å². The summed E-state index contributed by atoms with van der Waals surface area (Å²) in [6, 6.07) is 11.8. The zero-order valence-electron chi connectivity index (χ0n) is 12.9. The van der Waals surface area contributed by atoms with E-state index in [1.54, 1.807) is 49.5 Å². The van der Waals surface area contributed by atoms with E-state index in [2.05, 4.69) is 10.6 Å². The predicted octanol–water partition coefficient (Wildman–Crippen LogP) is 3.03. The topological polar surface area (TPSA) is 67.4 Å². The first kappa shape index (κ1) is 16.8. The fourth-order valence-corrected chi connectivity index (χ4v) is 2.02. The summed E-state index contributed by atoms with van der Waals surface area (Å²) in [5.74, 6) is 0.117. The van der Waals surface area contributed by atoms with Crippen molar-refractivity contribution in [2.24, 2.45) is 0 Å². The Morgan fingerprint density at radius 1 is 1.13 bits per heavy atom. The maximum Gasteiger partial charge on any atom is 0.262 e. The lowest BCUT2D eigenvalue weighted by molar-refractivity contribution is -0.118. The molecule has 2 N–H and O–H groups in total. The van der Waals surface area contributed by atoms with Crippen molar-refractivity contribution in [1.82, 2.24) is 5.32 Å². The van der Waals surface area contributed by atoms with E-state index in [0.29, 0.717) is 22.0 Å². The van der Waals surface area contributed by atoms with E-state index in [4.69, 9.17) is 16.3 Å². The van der Waals surface area contributed by atoms with Gasteiger partial charge in [-0.1, -0.05) is 11.6 Å². The number of ether oxygens (including phenoxy) is 1. The molecular weight excluding hydrogens is 316 g/mol. The summed E-state index contributed by atoms with van der Waals surface area (Å²) < 4.78 is 5.42. The van der Waals surface area contributed by atoms with Crippen LogP contribution in [0.1, 0.15) is 15.9 Å². The van der Waals surface area contributed by atoms with Crippen LogP contribution in [0.5, 0.6) is 5.75 Å². The summed E-state index contributed by atoms with van der Waals surface area (Å²) in [4.78, 5) is 23.3. The van der Waals surface area contributed by atoms with Gasteiger partial charge in [0.1, 0.15) is 5.75 Å². The number of nitrogens with one attached hydrogen (secondary N) is 2. The van der Waals surface area contributed by atoms with Gasteiger partial charge in [0.15, 0.2) is 6.61 Å². The van der Waals surface area contributed by atoms with Gasteiger partial charge < -0.3 is 15.4 Å². The number of halogens is 1. The van der Waals surface area contributed by atoms with E-state index < -0.39 is 0 Å². The number of benzene rings is 2. The Labute approximate surface area is 139 Å². The number of carbonyl (C=O) groups is 2. The van der Waals surface area contributed by atoms with Gasteiger partial charge >= 0.3 is 0 Å². The zero-order chi connectivity index (χ0) is 16.8. The van der Waals surface area contributed by atoms with E-state index >= 15 is 0 Å². The molecule has 0 radical (unpaired) electrons. The summed E-state index contributed by atoms with van der Waals surface area (Å²) in [6.07, 6.45) is 0. The molecule has 0 aromatic heterocycles. The number of aryl methyl sites for hydroxylation is 1. The third kappa shape index (κ3) is 4.72. The van der Waals surface area contributed by atoms with Crippen LogP contribution in [0.15, 0.2) is 42.5 Å². The van der Waals surface area contributed by atoms with Crippen LogP contribution >= 0.6 is 11.6 Å². The largest absolute Gasteiger partial charge is 0.484 e. The van der Waals surface area contributed by atoms with Crippen molar-refractivity contribution >= 4 is 29.1 Å². The Balaban J connectivity index is 1.89. The molecule has 23 heavy (non-hydrogen) atoms. The fourth-order valence-electron chi connectivity index (χ4n) is 1.90. The van der Waals surface area contributed by atoms with Gasteiger partial charge in [0.05, 0.1) is 0 Å². The molecule has 0 atom stereocenters. The highest BCUT2D eigenvalue weighted by Gasteiger charge is 2.06. The molecule has 2 aromatic rings. The van der Waals surface area contributed by atoms with Gasteiger partial charge in [-0.3, -0.25) is 9.59 Å². The Morgan fingerprint density at radius 2 is 1.83 bits per heavy atom. The van der Waals surface area contributed by atoms with E-state index in [1.165, 1.54) is 0 Å². The molecule has 0 aliphatic heterocycles. The molecule has 5 nitrogen and oxygen atoms in total. The first-order valence-electron chi connectivity index (χ1n) is 7.00. The maximum atomic E-state index is 11.9. The molecular formula is C17H17ClN2O3. The molecule has 0 aliphatic rings. The van der Waals surface area contributed by atoms with Gasteiger partial charge in [0.25, 0.3) is 11.8 Å². The van der Waals surface area contributed by atoms with Crippen molar-refractivity contribution in [2.45, 2.75) is 6.92 Å². The molecule has 0 bridgehead atoms. The molecule has 6 heteroatoms. The lowest BCUT2D eigenvalue weighted by atomic mass is 10.2. The smallest absolute Gasteiger partial charge is 0.262 e. The first-order valence-corrected chi connectivity index (χ1v) is 7.38. The van der Waals surface area contributed by atoms with Gasteiger partial charge in [-0.2, -0.15) is 0 Å². The molecule has 0 saturated carbocycles. The molecule has 0 heterocycles. The van der Waals surface area contributed by atoms with E-state index in [1.807, 2.05) is 6.92 Å². The predicted molar refractivity (Wildman–Crippen MR) is 90.1 cm³/mol. The Bertz CT molecular complexity index is 714. The normalized spacial score (nSPS) is 10.0. The minimum atomic E-state index is -0.287. The molecule has 2 amide bonds. The summed E-state index contributed by atoms with van der Waals surface area (Å²) in [6.45, 7) is 1.75. The number of rotatable bonds is 5. The lowest BCUT2D eigenvalue weighted by Gasteiger charge is -2.09. The number of hydrogen-bond acceptors (Lipinski definition) is 3. The van der Waals surface area contributed by atoms with Crippen LogP contribution < -0.4 is 15.4 Å². The lowest BCUT2D eigenvalue weighted by Crippen LogP contribution is -2.20. The summed E-state index contributed by atoms with van der Waals surface area (Å²) in [5.41, 5.74) is 2.01. The van der Waals surface area contributed by atoms with Gasteiger partial charge in [-0.15, -0.1) is 0 Å². The monoisotopic (exact) mass is 332 g/mol. The Hall–Kier alpha value is -2.53. The van der Waals surface area contributed by atoms with E-state index in [9.17, 15) is 9.59 Å². The number of carbonyl (C=O) groups excluding carboxylic acids is 2. The van der Waals surface area contributed by atoms with E-state index in [-0.39, 0.29) is 18.4 Å². The molecule has 0 spiro atoms. The minimum Gasteiger partial charge on any atom is -0.484 e. The maximum absolute atomic E-state index is 11.9. The SMILES string of the molecule is CNC(=O)c1ccc(NC(=O)COc2ccc(Cl)c(C)c2)cc1. The van der Waals surface area contributed by atoms with Gasteiger partial charge in [0.2, 0.25) is 0 Å². The van der Waals surface area contributed by atoms with Gasteiger partial charge in [-0.05, 0) is 55.0 Å². The highest BCUT2D eigenvalue weighted by atomic mass is 35.5.